The third-order valence-corrected chi connectivity index (χ3v) is 2.22. The van der Waals surface area contributed by atoms with E-state index in [1.165, 1.54) is 0 Å². The Balaban J connectivity index is 2.36. The van der Waals surface area contributed by atoms with Gasteiger partial charge in [0.1, 0.15) is 5.58 Å². The Morgan fingerprint density at radius 2 is 2.29 bits per heavy atom. The number of carbonyl (C=O) groups excluding carboxylic acids is 2. The molecule has 0 bridgehead atoms. The Labute approximate surface area is 97.4 Å². The van der Waals surface area contributed by atoms with Crippen molar-refractivity contribution in [3.8, 4) is 0 Å². The van der Waals surface area contributed by atoms with Crippen LogP contribution >= 0.6 is 0 Å². The zero-order chi connectivity index (χ0) is 12.3. The molecule has 0 unspecified atom stereocenters. The average molecular weight is 233 g/mol. The van der Waals surface area contributed by atoms with E-state index in [0.717, 1.165) is 5.39 Å². The normalized spacial score (nSPS) is 10.2. The summed E-state index contributed by atoms with van der Waals surface area (Å²) in [5.74, 6) is -0.335. The number of ether oxygens (including phenoxy) is 1. The van der Waals surface area contributed by atoms with Crippen LogP contribution in [0.2, 0.25) is 0 Å². The van der Waals surface area contributed by atoms with Crippen LogP contribution < -0.4 is 5.32 Å². The van der Waals surface area contributed by atoms with Crippen LogP contribution in [0, 0.1) is 0 Å². The summed E-state index contributed by atoms with van der Waals surface area (Å²) in [4.78, 5) is 21.7. The van der Waals surface area contributed by atoms with Crippen LogP contribution in [-0.4, -0.2) is 19.0 Å². The van der Waals surface area contributed by atoms with Crippen LogP contribution in [-0.2, 0) is 9.53 Å². The molecule has 17 heavy (non-hydrogen) atoms. The van der Waals surface area contributed by atoms with Crippen molar-refractivity contribution >= 4 is 29.0 Å². The van der Waals surface area contributed by atoms with Crippen LogP contribution in [0.4, 0.5) is 5.69 Å². The highest BCUT2D eigenvalue weighted by Crippen LogP contribution is 2.23. The molecule has 0 saturated heterocycles. The first-order valence-electron chi connectivity index (χ1n) is 5.15. The maximum atomic E-state index is 11.4. The number of amides is 1. The molecule has 5 nitrogen and oxygen atoms in total. The molecule has 0 aliphatic carbocycles. The molecule has 0 saturated carbocycles. The fraction of sp³-hybridized carbons (Fsp3) is 0.167. The van der Waals surface area contributed by atoms with E-state index >= 15 is 0 Å². The first-order valence-corrected chi connectivity index (χ1v) is 5.15. The first kappa shape index (κ1) is 11.2. The lowest BCUT2D eigenvalue weighted by Gasteiger charge is -1.96. The largest absolute Gasteiger partial charge is 0.460 e. The first-order chi connectivity index (χ1) is 8.24. The summed E-state index contributed by atoms with van der Waals surface area (Å²) < 4.78 is 10.2. The summed E-state index contributed by atoms with van der Waals surface area (Å²) >= 11 is 0. The lowest BCUT2D eigenvalue weighted by atomic mass is 10.2. The fourth-order valence-corrected chi connectivity index (χ4v) is 1.50. The van der Waals surface area contributed by atoms with Crippen molar-refractivity contribution < 1.29 is 18.7 Å². The molecule has 1 heterocycles. The number of hydrogen-bond donors (Lipinski definition) is 1. The number of benzene rings is 1. The molecule has 1 N–H and O–H groups in total. The van der Waals surface area contributed by atoms with Gasteiger partial charge in [-0.15, -0.1) is 0 Å². The van der Waals surface area contributed by atoms with Gasteiger partial charge in [-0.3, -0.25) is 4.79 Å². The van der Waals surface area contributed by atoms with Crippen molar-refractivity contribution in [2.75, 3.05) is 11.9 Å². The van der Waals surface area contributed by atoms with Crippen molar-refractivity contribution in [2.45, 2.75) is 6.92 Å². The molecule has 0 spiro atoms. The number of esters is 1. The monoisotopic (exact) mass is 233 g/mol. The van der Waals surface area contributed by atoms with Crippen molar-refractivity contribution in [3.63, 3.8) is 0 Å². The molecule has 0 aliphatic heterocycles. The second-order valence-electron chi connectivity index (χ2n) is 3.35. The van der Waals surface area contributed by atoms with Crippen molar-refractivity contribution in [1.29, 1.82) is 0 Å². The number of fused-ring (bicyclic) bond motifs is 1. The Bertz CT molecular complexity index is 559. The predicted octanol–water partition coefficient (Wildman–Crippen LogP) is 2.18. The van der Waals surface area contributed by atoms with Crippen LogP contribution in [0.25, 0.3) is 11.0 Å². The third kappa shape index (κ3) is 2.28. The number of hydrogen-bond acceptors (Lipinski definition) is 4. The van der Waals surface area contributed by atoms with Crippen LogP contribution in [0.15, 0.2) is 28.7 Å². The van der Waals surface area contributed by atoms with Gasteiger partial charge in [-0.2, -0.15) is 0 Å². The molecule has 1 amide bonds. The van der Waals surface area contributed by atoms with E-state index in [2.05, 4.69) is 5.32 Å². The SMILES string of the molecule is CCOC(=O)c1cc2cc(NC=O)ccc2o1. The molecular formula is C12H11NO4. The highest BCUT2D eigenvalue weighted by molar-refractivity contribution is 5.94. The van der Waals surface area contributed by atoms with Gasteiger partial charge in [-0.1, -0.05) is 0 Å². The standard InChI is InChI=1S/C12H11NO4/c1-2-16-12(15)11-6-8-5-9(13-7-14)3-4-10(8)17-11/h3-7H,2H2,1H3,(H,13,14). The third-order valence-electron chi connectivity index (χ3n) is 2.22. The average Bonchev–Trinajstić information content (AvgIpc) is 2.73. The number of anilines is 1. The van der Waals surface area contributed by atoms with Gasteiger partial charge in [0, 0.05) is 11.1 Å². The Hall–Kier alpha value is -2.30. The topological polar surface area (TPSA) is 68.5 Å². The quantitative estimate of drug-likeness (QED) is 0.649. The van der Waals surface area contributed by atoms with Crippen LogP contribution in [0.5, 0.6) is 0 Å². The zero-order valence-corrected chi connectivity index (χ0v) is 9.23. The predicted molar refractivity (Wildman–Crippen MR) is 61.9 cm³/mol. The molecule has 5 heteroatoms. The van der Waals surface area contributed by atoms with Crippen molar-refractivity contribution in [3.05, 3.63) is 30.0 Å². The summed E-state index contributed by atoms with van der Waals surface area (Å²) in [6.07, 6.45) is 0.591. The van der Waals surface area contributed by atoms with E-state index in [9.17, 15) is 9.59 Å². The Morgan fingerprint density at radius 1 is 1.47 bits per heavy atom. The maximum absolute atomic E-state index is 11.4. The van der Waals surface area contributed by atoms with E-state index in [1.807, 2.05) is 0 Å². The minimum absolute atomic E-state index is 0.158. The van der Waals surface area contributed by atoms with Gasteiger partial charge >= 0.3 is 5.97 Å². The lowest BCUT2D eigenvalue weighted by molar-refractivity contribution is -0.105. The minimum Gasteiger partial charge on any atom is -0.460 e. The maximum Gasteiger partial charge on any atom is 0.374 e. The van der Waals surface area contributed by atoms with Crippen LogP contribution in [0.1, 0.15) is 17.5 Å². The lowest BCUT2D eigenvalue weighted by Crippen LogP contribution is -2.02. The molecule has 0 atom stereocenters. The highest BCUT2D eigenvalue weighted by atomic mass is 16.5. The summed E-state index contributed by atoms with van der Waals surface area (Å²) in [7, 11) is 0. The summed E-state index contributed by atoms with van der Waals surface area (Å²) in [6.45, 7) is 2.03. The minimum atomic E-state index is -0.492. The Kier molecular flexibility index (Phi) is 3.09. The van der Waals surface area contributed by atoms with E-state index in [1.54, 1.807) is 31.2 Å². The second-order valence-corrected chi connectivity index (χ2v) is 3.35. The number of furan rings is 1. The van der Waals surface area contributed by atoms with Crippen LogP contribution in [0.3, 0.4) is 0 Å². The van der Waals surface area contributed by atoms with Gasteiger partial charge in [-0.25, -0.2) is 4.79 Å². The molecule has 0 radical (unpaired) electrons. The summed E-state index contributed by atoms with van der Waals surface area (Å²) in [5.41, 5.74) is 1.22. The number of nitrogens with one attached hydrogen (secondary N) is 1. The molecule has 2 rings (SSSR count). The zero-order valence-electron chi connectivity index (χ0n) is 9.23. The van der Waals surface area contributed by atoms with Crippen molar-refractivity contribution in [1.82, 2.24) is 0 Å². The molecule has 1 aromatic heterocycles. The van der Waals surface area contributed by atoms with E-state index in [0.29, 0.717) is 24.3 Å². The van der Waals surface area contributed by atoms with E-state index in [-0.39, 0.29) is 5.76 Å². The molecule has 1 aromatic carbocycles. The van der Waals surface area contributed by atoms with E-state index < -0.39 is 5.97 Å². The van der Waals surface area contributed by atoms with Gasteiger partial charge in [0.25, 0.3) is 0 Å². The smallest absolute Gasteiger partial charge is 0.374 e. The Morgan fingerprint density at radius 3 is 3.00 bits per heavy atom. The van der Waals surface area contributed by atoms with Gasteiger partial charge in [0.05, 0.1) is 6.61 Å². The van der Waals surface area contributed by atoms with E-state index in [4.69, 9.17) is 9.15 Å². The molecular weight excluding hydrogens is 222 g/mol. The summed E-state index contributed by atoms with van der Waals surface area (Å²) in [5, 5.41) is 3.26. The number of carbonyl (C=O) groups is 2. The number of rotatable bonds is 4. The van der Waals surface area contributed by atoms with Gasteiger partial charge < -0.3 is 14.5 Å². The van der Waals surface area contributed by atoms with Gasteiger partial charge in [-0.05, 0) is 31.2 Å². The second kappa shape index (κ2) is 4.69. The van der Waals surface area contributed by atoms with Gasteiger partial charge in [0.2, 0.25) is 12.2 Å². The molecule has 0 fully saturated rings. The fourth-order valence-electron chi connectivity index (χ4n) is 1.50. The van der Waals surface area contributed by atoms with Crippen molar-refractivity contribution in [2.24, 2.45) is 0 Å². The molecule has 2 aromatic rings. The molecule has 88 valence electrons. The van der Waals surface area contributed by atoms with Gasteiger partial charge in [0.15, 0.2) is 0 Å². The molecule has 0 aliphatic rings. The summed E-state index contributed by atoms with van der Waals surface area (Å²) in [6, 6.07) is 6.68. The highest BCUT2D eigenvalue weighted by Gasteiger charge is 2.13.